The molecule has 19 heavy (non-hydrogen) atoms. The zero-order valence-corrected chi connectivity index (χ0v) is 12.6. The Balaban J connectivity index is 1.87. The van der Waals surface area contributed by atoms with Gasteiger partial charge in [0.25, 0.3) is 0 Å². The second-order valence-corrected chi connectivity index (χ2v) is 6.12. The third-order valence-electron chi connectivity index (χ3n) is 4.54. The van der Waals surface area contributed by atoms with Gasteiger partial charge >= 0.3 is 0 Å². The van der Waals surface area contributed by atoms with Crippen molar-refractivity contribution >= 4 is 5.91 Å². The van der Waals surface area contributed by atoms with Crippen LogP contribution >= 0.6 is 0 Å². The second kappa shape index (κ2) is 6.40. The maximum Gasteiger partial charge on any atom is 0.225 e. The van der Waals surface area contributed by atoms with Crippen LogP contribution in [-0.2, 0) is 4.79 Å². The van der Waals surface area contributed by atoms with Crippen molar-refractivity contribution in [1.82, 2.24) is 4.90 Å². The van der Waals surface area contributed by atoms with E-state index in [2.05, 4.69) is 32.9 Å². The van der Waals surface area contributed by atoms with E-state index in [1.165, 1.54) is 30.4 Å². The van der Waals surface area contributed by atoms with E-state index in [0.717, 1.165) is 25.9 Å². The summed E-state index contributed by atoms with van der Waals surface area (Å²) < 4.78 is 0. The lowest BCUT2D eigenvalue weighted by atomic mass is 9.85. The molecule has 0 saturated heterocycles. The third-order valence-corrected chi connectivity index (χ3v) is 4.54. The molecule has 1 amide bonds. The van der Waals surface area contributed by atoms with E-state index < -0.39 is 0 Å². The standard InChI is InChI=1S/C17H27NO/c1-4-18(17(19)16-9-10-16)12-11-14(3)15-7-5-13(2)6-8-15/h5,11,15-16H,4,6-10,12H2,1-3H3/b14-11-. The van der Waals surface area contributed by atoms with Crippen LogP contribution in [0.2, 0.25) is 0 Å². The summed E-state index contributed by atoms with van der Waals surface area (Å²) in [6.45, 7) is 8.17. The highest BCUT2D eigenvalue weighted by Crippen LogP contribution is 2.31. The lowest BCUT2D eigenvalue weighted by Crippen LogP contribution is -2.32. The molecule has 0 aromatic heterocycles. The van der Waals surface area contributed by atoms with Gasteiger partial charge in [-0.1, -0.05) is 23.3 Å². The first-order chi connectivity index (χ1) is 9.11. The van der Waals surface area contributed by atoms with Gasteiger partial charge in [-0.25, -0.2) is 0 Å². The van der Waals surface area contributed by atoms with Crippen molar-refractivity contribution in [2.24, 2.45) is 11.8 Å². The van der Waals surface area contributed by atoms with Gasteiger partial charge in [0.1, 0.15) is 0 Å². The molecule has 0 aliphatic heterocycles. The number of allylic oxidation sites excluding steroid dienone is 3. The van der Waals surface area contributed by atoms with Crippen LogP contribution in [0.25, 0.3) is 0 Å². The van der Waals surface area contributed by atoms with Crippen LogP contribution in [0.3, 0.4) is 0 Å². The molecule has 1 saturated carbocycles. The number of rotatable bonds is 5. The molecule has 106 valence electrons. The summed E-state index contributed by atoms with van der Waals surface area (Å²) in [4.78, 5) is 14.1. The molecule has 2 aliphatic rings. The van der Waals surface area contributed by atoms with Gasteiger partial charge in [0.05, 0.1) is 0 Å². The molecule has 0 radical (unpaired) electrons. The summed E-state index contributed by atoms with van der Waals surface area (Å²) in [5, 5.41) is 0. The van der Waals surface area contributed by atoms with Gasteiger partial charge < -0.3 is 4.90 Å². The Morgan fingerprint density at radius 2 is 2.11 bits per heavy atom. The van der Waals surface area contributed by atoms with Crippen LogP contribution in [0.5, 0.6) is 0 Å². The second-order valence-electron chi connectivity index (χ2n) is 6.12. The summed E-state index contributed by atoms with van der Waals surface area (Å²) in [7, 11) is 0. The topological polar surface area (TPSA) is 20.3 Å². The van der Waals surface area contributed by atoms with Crippen LogP contribution < -0.4 is 0 Å². The van der Waals surface area contributed by atoms with Crippen LogP contribution in [0, 0.1) is 11.8 Å². The SMILES string of the molecule is CCN(C/C=C(/C)C1CC=C(C)CC1)C(=O)C1CC1. The molecule has 0 heterocycles. The normalized spacial score (nSPS) is 24.1. The molecule has 1 unspecified atom stereocenters. The van der Waals surface area contributed by atoms with Crippen molar-refractivity contribution in [2.75, 3.05) is 13.1 Å². The number of hydrogen-bond acceptors (Lipinski definition) is 1. The molecule has 1 atom stereocenters. The molecule has 2 aliphatic carbocycles. The Kier molecular flexibility index (Phi) is 4.84. The third kappa shape index (κ3) is 3.95. The van der Waals surface area contributed by atoms with Gasteiger partial charge in [0.15, 0.2) is 0 Å². The van der Waals surface area contributed by atoms with Gasteiger partial charge in [0, 0.05) is 19.0 Å². The van der Waals surface area contributed by atoms with Crippen LogP contribution in [0.1, 0.15) is 52.9 Å². The molecule has 0 aromatic rings. The molecule has 0 aromatic carbocycles. The Bertz CT molecular complexity index is 390. The summed E-state index contributed by atoms with van der Waals surface area (Å²) in [5.41, 5.74) is 2.99. The van der Waals surface area contributed by atoms with Crippen molar-refractivity contribution in [3.8, 4) is 0 Å². The van der Waals surface area contributed by atoms with Gasteiger partial charge in [-0.3, -0.25) is 4.79 Å². The van der Waals surface area contributed by atoms with Crippen molar-refractivity contribution in [3.63, 3.8) is 0 Å². The lowest BCUT2D eigenvalue weighted by Gasteiger charge is -2.23. The Labute approximate surface area is 117 Å². The number of amides is 1. The first kappa shape index (κ1) is 14.4. The number of carbonyl (C=O) groups is 1. The molecule has 2 rings (SSSR count). The van der Waals surface area contributed by atoms with Crippen molar-refractivity contribution < 1.29 is 4.79 Å². The number of carbonyl (C=O) groups excluding carboxylic acids is 1. The van der Waals surface area contributed by atoms with Crippen LogP contribution in [0.4, 0.5) is 0 Å². The largest absolute Gasteiger partial charge is 0.339 e. The first-order valence-corrected chi connectivity index (χ1v) is 7.73. The van der Waals surface area contributed by atoms with Crippen molar-refractivity contribution in [3.05, 3.63) is 23.3 Å². The Hall–Kier alpha value is -1.05. The van der Waals surface area contributed by atoms with E-state index in [4.69, 9.17) is 0 Å². The molecule has 0 bridgehead atoms. The highest BCUT2D eigenvalue weighted by atomic mass is 16.2. The summed E-state index contributed by atoms with van der Waals surface area (Å²) in [6.07, 6.45) is 10.5. The molecule has 2 nitrogen and oxygen atoms in total. The van der Waals surface area contributed by atoms with Gasteiger partial charge in [-0.15, -0.1) is 0 Å². The van der Waals surface area contributed by atoms with E-state index in [0.29, 0.717) is 17.7 Å². The summed E-state index contributed by atoms with van der Waals surface area (Å²) in [6, 6.07) is 0. The zero-order chi connectivity index (χ0) is 13.8. The minimum atomic E-state index is 0.342. The van der Waals surface area contributed by atoms with E-state index >= 15 is 0 Å². The summed E-state index contributed by atoms with van der Waals surface area (Å²) in [5.74, 6) is 1.40. The highest BCUT2D eigenvalue weighted by molar-refractivity contribution is 5.81. The van der Waals surface area contributed by atoms with Gasteiger partial charge in [-0.2, -0.15) is 0 Å². The fourth-order valence-corrected chi connectivity index (χ4v) is 2.76. The van der Waals surface area contributed by atoms with E-state index in [-0.39, 0.29) is 0 Å². The maximum atomic E-state index is 12.1. The maximum absolute atomic E-state index is 12.1. The van der Waals surface area contributed by atoms with E-state index in [9.17, 15) is 4.79 Å². The predicted molar refractivity (Wildman–Crippen MR) is 79.8 cm³/mol. The van der Waals surface area contributed by atoms with Crippen molar-refractivity contribution in [1.29, 1.82) is 0 Å². The monoisotopic (exact) mass is 261 g/mol. The number of hydrogen-bond donors (Lipinski definition) is 0. The van der Waals surface area contributed by atoms with Crippen LogP contribution in [0.15, 0.2) is 23.3 Å². The van der Waals surface area contributed by atoms with Crippen LogP contribution in [-0.4, -0.2) is 23.9 Å². The summed E-state index contributed by atoms with van der Waals surface area (Å²) >= 11 is 0. The molecular weight excluding hydrogens is 234 g/mol. The average Bonchev–Trinajstić information content (AvgIpc) is 3.24. The molecular formula is C17H27NO. The Morgan fingerprint density at radius 1 is 1.37 bits per heavy atom. The fourth-order valence-electron chi connectivity index (χ4n) is 2.76. The highest BCUT2D eigenvalue weighted by Gasteiger charge is 2.32. The van der Waals surface area contributed by atoms with E-state index in [1.54, 1.807) is 0 Å². The lowest BCUT2D eigenvalue weighted by molar-refractivity contribution is -0.131. The van der Waals surface area contributed by atoms with E-state index in [1.807, 2.05) is 4.90 Å². The molecule has 0 spiro atoms. The smallest absolute Gasteiger partial charge is 0.225 e. The molecule has 2 heteroatoms. The molecule has 1 fully saturated rings. The molecule has 0 N–H and O–H groups in total. The minimum absolute atomic E-state index is 0.342. The average molecular weight is 261 g/mol. The number of likely N-dealkylation sites (N-methyl/N-ethyl adjacent to an activating group) is 1. The van der Waals surface area contributed by atoms with Gasteiger partial charge in [-0.05, 0) is 58.8 Å². The minimum Gasteiger partial charge on any atom is -0.339 e. The fraction of sp³-hybridized carbons (Fsp3) is 0.706. The van der Waals surface area contributed by atoms with Crippen molar-refractivity contribution in [2.45, 2.75) is 52.9 Å². The predicted octanol–water partition coefficient (Wildman–Crippen LogP) is 3.94. The first-order valence-electron chi connectivity index (χ1n) is 7.73. The Morgan fingerprint density at radius 3 is 2.63 bits per heavy atom. The quantitative estimate of drug-likeness (QED) is 0.686. The zero-order valence-electron chi connectivity index (χ0n) is 12.6. The number of nitrogens with zero attached hydrogens (tertiary/aromatic N) is 1. The van der Waals surface area contributed by atoms with Gasteiger partial charge in [0.2, 0.25) is 5.91 Å².